The molecule has 0 saturated carbocycles. The Morgan fingerprint density at radius 1 is 0.969 bits per heavy atom. The Morgan fingerprint density at radius 2 is 1.59 bits per heavy atom. The molecule has 5 nitrogen and oxygen atoms in total. The van der Waals surface area contributed by atoms with E-state index in [1.165, 1.54) is 54.2 Å². The molecule has 0 bridgehead atoms. The molecule has 0 saturated heterocycles. The first-order valence-electron chi connectivity index (χ1n) is 10.1. The third-order valence-electron chi connectivity index (χ3n) is 5.41. The SMILES string of the molecule is CCCCn1cccc1C(O)(c1ccc(N(C)S(=O)(=O)c2ccccc2)cc1)C(F)(F)F. The van der Waals surface area contributed by atoms with Crippen molar-refractivity contribution in [1.29, 1.82) is 0 Å². The number of rotatable bonds is 8. The molecule has 172 valence electrons. The standard InChI is InChI=1S/C23H25F3N2O3S/c1-3-4-16-28-17-8-11-21(28)22(29,23(24,25)26)18-12-14-19(15-13-18)27(2)32(30,31)20-9-6-5-7-10-20/h5-15,17,29H,3-4,16H2,1-2H3. The fraction of sp³-hybridized carbons (Fsp3) is 0.304. The van der Waals surface area contributed by atoms with E-state index in [9.17, 15) is 26.7 Å². The number of benzene rings is 2. The summed E-state index contributed by atoms with van der Waals surface area (Å²) < 4.78 is 70.5. The average molecular weight is 467 g/mol. The van der Waals surface area contributed by atoms with Gasteiger partial charge in [-0.1, -0.05) is 43.7 Å². The monoisotopic (exact) mass is 466 g/mol. The molecule has 0 amide bonds. The van der Waals surface area contributed by atoms with Crippen LogP contribution in [0.25, 0.3) is 0 Å². The van der Waals surface area contributed by atoms with Crippen molar-refractivity contribution < 1.29 is 26.7 Å². The highest BCUT2D eigenvalue weighted by molar-refractivity contribution is 7.92. The van der Waals surface area contributed by atoms with Crippen LogP contribution in [0, 0.1) is 0 Å². The molecule has 0 fully saturated rings. The van der Waals surface area contributed by atoms with Gasteiger partial charge in [0.2, 0.25) is 5.60 Å². The molecule has 32 heavy (non-hydrogen) atoms. The van der Waals surface area contributed by atoms with Crippen LogP contribution in [0.5, 0.6) is 0 Å². The van der Waals surface area contributed by atoms with Crippen molar-refractivity contribution in [3.05, 3.63) is 84.2 Å². The molecule has 0 radical (unpaired) electrons. The van der Waals surface area contributed by atoms with E-state index in [4.69, 9.17) is 0 Å². The number of unbranched alkanes of at least 4 members (excludes halogenated alkanes) is 1. The van der Waals surface area contributed by atoms with Gasteiger partial charge < -0.3 is 9.67 Å². The Balaban J connectivity index is 2.01. The molecule has 2 aromatic carbocycles. The van der Waals surface area contributed by atoms with Gasteiger partial charge in [0.05, 0.1) is 16.3 Å². The van der Waals surface area contributed by atoms with E-state index in [2.05, 4.69) is 0 Å². The van der Waals surface area contributed by atoms with E-state index >= 15 is 0 Å². The van der Waals surface area contributed by atoms with Crippen LogP contribution in [0.4, 0.5) is 18.9 Å². The predicted molar refractivity (Wildman–Crippen MR) is 117 cm³/mol. The quantitative estimate of drug-likeness (QED) is 0.513. The highest BCUT2D eigenvalue weighted by atomic mass is 32.2. The second kappa shape index (κ2) is 8.99. The minimum Gasteiger partial charge on any atom is -0.371 e. The summed E-state index contributed by atoms with van der Waals surface area (Å²) in [4.78, 5) is 0.0622. The predicted octanol–water partition coefficient (Wildman–Crippen LogP) is 4.91. The van der Waals surface area contributed by atoms with Gasteiger partial charge in [-0.3, -0.25) is 4.31 Å². The van der Waals surface area contributed by atoms with E-state index in [1.807, 2.05) is 6.92 Å². The molecule has 3 rings (SSSR count). The summed E-state index contributed by atoms with van der Waals surface area (Å²) in [5.74, 6) is 0. The number of nitrogens with zero attached hydrogens (tertiary/aromatic N) is 2. The number of aliphatic hydroxyl groups is 1. The Morgan fingerprint density at radius 3 is 2.16 bits per heavy atom. The summed E-state index contributed by atoms with van der Waals surface area (Å²) in [7, 11) is -2.56. The topological polar surface area (TPSA) is 62.5 Å². The Labute approximate surface area is 185 Å². The van der Waals surface area contributed by atoms with Gasteiger partial charge in [-0.25, -0.2) is 8.42 Å². The smallest absolute Gasteiger partial charge is 0.371 e. The van der Waals surface area contributed by atoms with Gasteiger partial charge in [-0.05, 0) is 48.4 Å². The molecule has 0 spiro atoms. The maximum Gasteiger partial charge on any atom is 0.427 e. The molecular formula is C23H25F3N2O3S. The molecule has 1 heterocycles. The zero-order valence-corrected chi connectivity index (χ0v) is 18.6. The maximum atomic E-state index is 14.2. The number of hydrogen-bond donors (Lipinski definition) is 1. The first-order valence-corrected chi connectivity index (χ1v) is 11.6. The maximum absolute atomic E-state index is 14.2. The average Bonchev–Trinajstić information content (AvgIpc) is 3.25. The lowest BCUT2D eigenvalue weighted by molar-refractivity contribution is -0.250. The molecule has 0 aliphatic rings. The summed E-state index contributed by atoms with van der Waals surface area (Å²) in [5, 5.41) is 10.9. The van der Waals surface area contributed by atoms with Crippen molar-refractivity contribution in [2.45, 2.75) is 43.0 Å². The molecule has 1 unspecified atom stereocenters. The molecule has 1 aromatic heterocycles. The van der Waals surface area contributed by atoms with Crippen LogP contribution in [0.3, 0.4) is 0 Å². The number of halogens is 3. The molecule has 1 N–H and O–H groups in total. The minimum atomic E-state index is -4.99. The zero-order valence-electron chi connectivity index (χ0n) is 17.7. The fourth-order valence-corrected chi connectivity index (χ4v) is 4.74. The summed E-state index contributed by atoms with van der Waals surface area (Å²) in [6.45, 7) is 2.27. The van der Waals surface area contributed by atoms with Crippen molar-refractivity contribution in [3.8, 4) is 0 Å². The molecule has 9 heteroatoms. The molecule has 1 atom stereocenters. The fourth-order valence-electron chi connectivity index (χ4n) is 3.52. The van der Waals surface area contributed by atoms with E-state index < -0.39 is 27.4 Å². The van der Waals surface area contributed by atoms with Gasteiger partial charge in [0.1, 0.15) is 0 Å². The number of anilines is 1. The second-order valence-electron chi connectivity index (χ2n) is 7.48. The lowest BCUT2D eigenvalue weighted by Gasteiger charge is -2.32. The summed E-state index contributed by atoms with van der Waals surface area (Å²) in [5.41, 5.74) is -3.74. The van der Waals surface area contributed by atoms with Crippen LogP contribution in [0.15, 0.2) is 77.8 Å². The van der Waals surface area contributed by atoms with Gasteiger partial charge in [0.25, 0.3) is 10.0 Å². The van der Waals surface area contributed by atoms with E-state index in [0.29, 0.717) is 13.0 Å². The van der Waals surface area contributed by atoms with Gasteiger partial charge in [-0.15, -0.1) is 0 Å². The lowest BCUT2D eigenvalue weighted by atomic mass is 9.89. The van der Waals surface area contributed by atoms with Crippen LogP contribution in [0.2, 0.25) is 0 Å². The van der Waals surface area contributed by atoms with E-state index in [0.717, 1.165) is 22.9 Å². The molecule has 3 aromatic rings. The number of hydrogen-bond acceptors (Lipinski definition) is 3. The van der Waals surface area contributed by atoms with Crippen molar-refractivity contribution in [2.24, 2.45) is 0 Å². The van der Waals surface area contributed by atoms with E-state index in [1.54, 1.807) is 18.2 Å². The summed E-state index contributed by atoms with van der Waals surface area (Å²) in [6, 6.07) is 15.2. The third-order valence-corrected chi connectivity index (χ3v) is 7.21. The Hall–Kier alpha value is -2.78. The first kappa shape index (κ1) is 23.9. The van der Waals surface area contributed by atoms with Crippen LogP contribution >= 0.6 is 0 Å². The number of aryl methyl sites for hydroxylation is 1. The molecule has 0 aliphatic heterocycles. The van der Waals surface area contributed by atoms with E-state index in [-0.39, 0.29) is 16.3 Å². The largest absolute Gasteiger partial charge is 0.427 e. The van der Waals surface area contributed by atoms with Crippen molar-refractivity contribution in [3.63, 3.8) is 0 Å². The third kappa shape index (κ3) is 4.27. The van der Waals surface area contributed by atoms with Crippen LogP contribution in [-0.4, -0.2) is 31.3 Å². The van der Waals surface area contributed by atoms with Crippen LogP contribution in [0.1, 0.15) is 31.0 Å². The van der Waals surface area contributed by atoms with Gasteiger partial charge in [0, 0.05) is 19.8 Å². The molecular weight excluding hydrogens is 441 g/mol. The summed E-state index contributed by atoms with van der Waals surface area (Å²) >= 11 is 0. The highest BCUT2D eigenvalue weighted by Crippen LogP contribution is 2.44. The van der Waals surface area contributed by atoms with Gasteiger partial charge in [-0.2, -0.15) is 13.2 Å². The van der Waals surface area contributed by atoms with Gasteiger partial charge >= 0.3 is 6.18 Å². The zero-order chi connectivity index (χ0) is 23.6. The highest BCUT2D eigenvalue weighted by Gasteiger charge is 2.57. The van der Waals surface area contributed by atoms with Crippen molar-refractivity contribution >= 4 is 15.7 Å². The van der Waals surface area contributed by atoms with Crippen molar-refractivity contribution in [1.82, 2.24) is 4.57 Å². The summed E-state index contributed by atoms with van der Waals surface area (Å²) in [6.07, 6.45) is -2.02. The Kier molecular flexibility index (Phi) is 6.71. The Bertz CT molecular complexity index is 1140. The lowest BCUT2D eigenvalue weighted by Crippen LogP contribution is -2.45. The van der Waals surface area contributed by atoms with Crippen LogP contribution in [-0.2, 0) is 22.2 Å². The minimum absolute atomic E-state index is 0.0622. The van der Waals surface area contributed by atoms with Crippen LogP contribution < -0.4 is 4.31 Å². The normalized spacial score (nSPS) is 14.2. The number of sulfonamides is 1. The first-order chi connectivity index (χ1) is 15.0. The second-order valence-corrected chi connectivity index (χ2v) is 9.45. The number of aromatic nitrogens is 1. The van der Waals surface area contributed by atoms with Gasteiger partial charge in [0.15, 0.2) is 0 Å². The van der Waals surface area contributed by atoms with Crippen molar-refractivity contribution in [2.75, 3.05) is 11.4 Å². The number of alkyl halides is 3. The molecule has 0 aliphatic carbocycles.